The zero-order chi connectivity index (χ0) is 40.4. The molecule has 3 atom stereocenters. The fourth-order valence-electron chi connectivity index (χ4n) is 9.08. The van der Waals surface area contributed by atoms with Crippen LogP contribution in [0.2, 0.25) is 0 Å². The SMILES string of the molecule is C=C/C=C\c1c(C)cccc1C1C=CC(c2cccc3c2CC/C3=C(\C=C/CC)C2N=C(/C(=C/C=C\C)CC)N(C)C(c3cccc(C4=CCCC=C4)c3)N2)=CCC1. The van der Waals surface area contributed by atoms with Crippen molar-refractivity contribution in [3.05, 3.63) is 202 Å². The van der Waals surface area contributed by atoms with Crippen LogP contribution in [0.4, 0.5) is 0 Å². The molecule has 1 heterocycles. The number of fused-ring (bicyclic) bond motifs is 1. The average Bonchev–Trinajstić information content (AvgIpc) is 3.54. The summed E-state index contributed by atoms with van der Waals surface area (Å²) in [5.74, 6) is 1.41. The normalized spacial score (nSPS) is 22.0. The van der Waals surface area contributed by atoms with E-state index in [0.717, 1.165) is 57.2 Å². The maximum atomic E-state index is 5.60. The topological polar surface area (TPSA) is 27.6 Å². The van der Waals surface area contributed by atoms with Crippen LogP contribution in [0.25, 0.3) is 22.8 Å². The average molecular weight is 764 g/mol. The lowest BCUT2D eigenvalue weighted by atomic mass is 9.88. The number of aryl methyl sites for hydroxylation is 1. The third-order valence-corrected chi connectivity index (χ3v) is 12.1. The van der Waals surface area contributed by atoms with Crippen molar-refractivity contribution in [1.29, 1.82) is 0 Å². The van der Waals surface area contributed by atoms with Crippen LogP contribution in [0.15, 0.2) is 162 Å². The number of nitrogens with one attached hydrogen (secondary N) is 1. The molecule has 3 aliphatic carbocycles. The van der Waals surface area contributed by atoms with E-state index in [4.69, 9.17) is 4.99 Å². The van der Waals surface area contributed by atoms with Crippen LogP contribution >= 0.6 is 0 Å². The third-order valence-electron chi connectivity index (χ3n) is 12.1. The van der Waals surface area contributed by atoms with Gasteiger partial charge in [-0.05, 0) is 144 Å². The van der Waals surface area contributed by atoms with E-state index in [1.54, 1.807) is 0 Å². The van der Waals surface area contributed by atoms with E-state index in [9.17, 15) is 0 Å². The lowest BCUT2D eigenvalue weighted by Crippen LogP contribution is -2.50. The van der Waals surface area contributed by atoms with Crippen LogP contribution in [0.1, 0.15) is 122 Å². The van der Waals surface area contributed by atoms with Crippen molar-refractivity contribution in [3.8, 4) is 0 Å². The van der Waals surface area contributed by atoms with Gasteiger partial charge in [0.25, 0.3) is 0 Å². The molecule has 296 valence electrons. The molecule has 0 amide bonds. The molecule has 3 aromatic rings. The number of benzene rings is 3. The number of nitrogens with zero attached hydrogens (tertiary/aromatic N) is 2. The molecule has 0 radical (unpaired) electrons. The minimum atomic E-state index is -0.210. The molecule has 0 fully saturated rings. The van der Waals surface area contributed by atoms with Crippen LogP contribution in [0, 0.1) is 6.92 Å². The molecular weight excluding hydrogens is 703 g/mol. The Balaban J connectivity index is 1.29. The molecule has 3 heteroatoms. The predicted octanol–water partition coefficient (Wildman–Crippen LogP) is 14.0. The summed E-state index contributed by atoms with van der Waals surface area (Å²) in [6.45, 7) is 12.7. The lowest BCUT2D eigenvalue weighted by molar-refractivity contribution is 0.270. The summed E-state index contributed by atoms with van der Waals surface area (Å²) in [6.07, 6.45) is 39.5. The van der Waals surface area contributed by atoms with Gasteiger partial charge in [-0.1, -0.05) is 160 Å². The molecular formula is C55H61N3. The maximum absolute atomic E-state index is 5.60. The summed E-state index contributed by atoms with van der Waals surface area (Å²) in [5, 5.41) is 4.07. The van der Waals surface area contributed by atoms with E-state index in [0.29, 0.717) is 5.92 Å². The van der Waals surface area contributed by atoms with Gasteiger partial charge in [-0.3, -0.25) is 5.32 Å². The summed E-state index contributed by atoms with van der Waals surface area (Å²) in [4.78, 5) is 7.95. The van der Waals surface area contributed by atoms with Crippen molar-refractivity contribution >= 4 is 28.6 Å². The highest BCUT2D eigenvalue weighted by Gasteiger charge is 2.34. The molecule has 0 saturated heterocycles. The van der Waals surface area contributed by atoms with Crippen molar-refractivity contribution in [2.75, 3.05) is 7.05 Å². The highest BCUT2D eigenvalue weighted by atomic mass is 15.4. The van der Waals surface area contributed by atoms with Crippen molar-refractivity contribution < 1.29 is 0 Å². The molecule has 4 aliphatic rings. The first-order valence-corrected chi connectivity index (χ1v) is 21.6. The number of rotatable bonds is 12. The molecule has 0 aromatic heterocycles. The Morgan fingerprint density at radius 3 is 2.55 bits per heavy atom. The molecule has 1 N–H and O–H groups in total. The van der Waals surface area contributed by atoms with Crippen LogP contribution in [-0.2, 0) is 6.42 Å². The summed E-state index contributed by atoms with van der Waals surface area (Å²) in [6, 6.07) is 22.8. The molecule has 58 heavy (non-hydrogen) atoms. The van der Waals surface area contributed by atoms with Gasteiger partial charge in [0.15, 0.2) is 0 Å². The lowest BCUT2D eigenvalue weighted by Gasteiger charge is -2.40. The third kappa shape index (κ3) is 8.81. The number of hydrogen-bond acceptors (Lipinski definition) is 3. The zero-order valence-corrected chi connectivity index (χ0v) is 35.3. The first-order chi connectivity index (χ1) is 28.4. The van der Waals surface area contributed by atoms with Crippen LogP contribution in [0.5, 0.6) is 0 Å². The summed E-state index contributed by atoms with van der Waals surface area (Å²) in [5.41, 5.74) is 17.3. The minimum absolute atomic E-state index is 0.0561. The number of likely N-dealkylation sites (N-methyl/N-ethyl adjacent to an activating group) is 1. The largest absolute Gasteiger partial charge is 0.340 e. The van der Waals surface area contributed by atoms with Gasteiger partial charge in [0.1, 0.15) is 18.2 Å². The summed E-state index contributed by atoms with van der Waals surface area (Å²) < 4.78 is 0. The minimum Gasteiger partial charge on any atom is -0.340 e. The van der Waals surface area contributed by atoms with E-state index in [1.165, 1.54) is 72.4 Å². The number of hydrogen-bond donors (Lipinski definition) is 1. The van der Waals surface area contributed by atoms with Crippen molar-refractivity contribution in [3.63, 3.8) is 0 Å². The van der Waals surface area contributed by atoms with Gasteiger partial charge in [0, 0.05) is 13.0 Å². The number of allylic oxidation sites excluding steroid dienone is 15. The second kappa shape index (κ2) is 19.3. The predicted molar refractivity (Wildman–Crippen MR) is 251 cm³/mol. The second-order valence-electron chi connectivity index (χ2n) is 15.8. The molecule has 3 aromatic carbocycles. The Kier molecular flexibility index (Phi) is 13.5. The number of aliphatic imine (C=N–C) groups is 1. The van der Waals surface area contributed by atoms with Crippen molar-refractivity contribution in [2.24, 2.45) is 4.99 Å². The summed E-state index contributed by atoms with van der Waals surface area (Å²) >= 11 is 0. The molecule has 0 saturated carbocycles. The van der Waals surface area contributed by atoms with Gasteiger partial charge in [-0.15, -0.1) is 0 Å². The van der Waals surface area contributed by atoms with Crippen LogP contribution in [-0.4, -0.2) is 23.9 Å². The smallest absolute Gasteiger partial charge is 0.130 e. The van der Waals surface area contributed by atoms with Gasteiger partial charge in [-0.2, -0.15) is 0 Å². The van der Waals surface area contributed by atoms with E-state index in [-0.39, 0.29) is 12.3 Å². The Morgan fingerprint density at radius 1 is 0.931 bits per heavy atom. The molecule has 3 unspecified atom stereocenters. The summed E-state index contributed by atoms with van der Waals surface area (Å²) in [7, 11) is 2.19. The first-order valence-electron chi connectivity index (χ1n) is 21.6. The van der Waals surface area contributed by atoms with Gasteiger partial charge >= 0.3 is 0 Å². The molecule has 1 aliphatic heterocycles. The Bertz CT molecular complexity index is 2310. The van der Waals surface area contributed by atoms with Crippen molar-refractivity contribution in [1.82, 2.24) is 10.2 Å². The van der Waals surface area contributed by atoms with Crippen LogP contribution in [0.3, 0.4) is 0 Å². The van der Waals surface area contributed by atoms with E-state index >= 15 is 0 Å². The first kappa shape index (κ1) is 40.7. The molecule has 0 spiro atoms. The second-order valence-corrected chi connectivity index (χ2v) is 15.8. The van der Waals surface area contributed by atoms with E-state index in [1.807, 2.05) is 6.08 Å². The van der Waals surface area contributed by atoms with Gasteiger partial charge in [-0.25, -0.2) is 4.99 Å². The molecule has 3 nitrogen and oxygen atoms in total. The zero-order valence-electron chi connectivity index (χ0n) is 35.3. The Labute approximate surface area is 348 Å². The fourth-order valence-corrected chi connectivity index (χ4v) is 9.08. The van der Waals surface area contributed by atoms with E-state index < -0.39 is 0 Å². The van der Waals surface area contributed by atoms with Crippen LogP contribution < -0.4 is 5.32 Å². The standard InChI is InChI=1S/C55H61N3/c1-7-11-22-40(10-4)54-56-53(57-55(58(54)6)45-28-19-27-44(38-45)41-23-15-14-16-24-41)52(30-13-9-3)51-37-36-50-48(32-20-33-49(50)51)43-26-18-25-42(34-35-43)47-31-17-21-39(5)46(47)29-12-8-2/h7-8,11-13,15,17,19-24,26-35,38,42,53,55,57H,2,9-10,14,16,18,25,36-37H2,1,3-6H3/b11-7-,29-12-,30-13-,40-22+,52-51-. The monoisotopic (exact) mass is 763 g/mol. The quantitative estimate of drug-likeness (QED) is 0.186. The highest BCUT2D eigenvalue weighted by Crippen LogP contribution is 2.42. The number of amidine groups is 1. The van der Waals surface area contributed by atoms with Gasteiger partial charge in [0.05, 0.1) is 0 Å². The Morgan fingerprint density at radius 2 is 1.76 bits per heavy atom. The van der Waals surface area contributed by atoms with Gasteiger partial charge in [0.2, 0.25) is 0 Å². The molecule has 0 bridgehead atoms. The van der Waals surface area contributed by atoms with E-state index in [2.05, 4.69) is 191 Å². The fraction of sp³-hybridized carbons (Fsp3) is 0.291. The molecule has 7 rings (SSSR count). The maximum Gasteiger partial charge on any atom is 0.130 e. The highest BCUT2D eigenvalue weighted by molar-refractivity contribution is 5.99. The van der Waals surface area contributed by atoms with Crippen molar-refractivity contribution in [2.45, 2.75) is 97.3 Å². The van der Waals surface area contributed by atoms with Gasteiger partial charge < -0.3 is 4.90 Å². The Hall–Kier alpha value is -5.51.